The van der Waals surface area contributed by atoms with E-state index in [0.717, 1.165) is 12.8 Å². The van der Waals surface area contributed by atoms with E-state index in [1.54, 1.807) is 6.92 Å². The molecule has 0 radical (unpaired) electrons. The van der Waals surface area contributed by atoms with Gasteiger partial charge in [-0.2, -0.15) is 0 Å². The van der Waals surface area contributed by atoms with Crippen molar-refractivity contribution in [3.8, 4) is 0 Å². The summed E-state index contributed by atoms with van der Waals surface area (Å²) in [5.74, 6) is 0.365. The first-order valence-electron chi connectivity index (χ1n) is 7.94. The number of aromatic nitrogens is 2. The molecule has 6 nitrogen and oxygen atoms in total. The summed E-state index contributed by atoms with van der Waals surface area (Å²) in [4.78, 5) is 19.6. The van der Waals surface area contributed by atoms with Gasteiger partial charge >= 0.3 is 0 Å². The molecule has 1 aromatic heterocycles. The Labute approximate surface area is 131 Å². The number of carbonyl (C=O) groups is 1. The summed E-state index contributed by atoms with van der Waals surface area (Å²) in [6, 6.07) is 0. The van der Waals surface area contributed by atoms with E-state index >= 15 is 0 Å². The minimum atomic E-state index is -0.599. The minimum Gasteiger partial charge on any atom is -0.389 e. The van der Waals surface area contributed by atoms with Crippen molar-refractivity contribution in [1.29, 1.82) is 0 Å². The first kappa shape index (κ1) is 16.8. The molecule has 1 heterocycles. The topological polar surface area (TPSA) is 84.3 Å². The number of rotatable bonds is 7. The highest BCUT2D eigenvalue weighted by Crippen LogP contribution is 2.20. The summed E-state index contributed by atoms with van der Waals surface area (Å²) >= 11 is 0. The number of aliphatic hydroxyl groups excluding tert-OH is 1. The standard InChI is InChI=1S/C16H25N3O3/c1-11-15(12(2)20)9-18-16(19-11)17-8-13(21)10-22-14-6-4-3-5-7-14/h9,13-14,21H,3-8,10H2,1-2H3,(H,17,18,19). The van der Waals surface area contributed by atoms with E-state index in [1.807, 2.05) is 0 Å². The molecule has 0 saturated heterocycles. The molecule has 1 aliphatic carbocycles. The van der Waals surface area contributed by atoms with Crippen molar-refractivity contribution in [2.24, 2.45) is 0 Å². The molecule has 0 aliphatic heterocycles. The highest BCUT2D eigenvalue weighted by atomic mass is 16.5. The average Bonchev–Trinajstić information content (AvgIpc) is 2.51. The molecule has 1 saturated carbocycles. The molecule has 1 atom stereocenters. The zero-order valence-electron chi connectivity index (χ0n) is 13.3. The van der Waals surface area contributed by atoms with Crippen LogP contribution in [0.3, 0.4) is 0 Å². The van der Waals surface area contributed by atoms with Gasteiger partial charge in [0.1, 0.15) is 0 Å². The number of Topliss-reactive ketones (excluding diaryl/α,β-unsaturated/α-hetero) is 1. The van der Waals surface area contributed by atoms with E-state index in [-0.39, 0.29) is 11.9 Å². The van der Waals surface area contributed by atoms with Crippen LogP contribution in [0.15, 0.2) is 6.20 Å². The van der Waals surface area contributed by atoms with Crippen LogP contribution in [0.5, 0.6) is 0 Å². The van der Waals surface area contributed by atoms with Crippen molar-refractivity contribution in [1.82, 2.24) is 9.97 Å². The lowest BCUT2D eigenvalue weighted by Crippen LogP contribution is -2.29. The van der Waals surface area contributed by atoms with Gasteiger partial charge in [0.2, 0.25) is 5.95 Å². The van der Waals surface area contributed by atoms with Crippen LogP contribution in [-0.4, -0.2) is 46.2 Å². The first-order chi connectivity index (χ1) is 10.6. The fourth-order valence-corrected chi connectivity index (χ4v) is 2.64. The average molecular weight is 307 g/mol. The molecule has 2 rings (SSSR count). The van der Waals surface area contributed by atoms with Crippen LogP contribution in [0.25, 0.3) is 0 Å². The molecule has 6 heteroatoms. The number of anilines is 1. The van der Waals surface area contributed by atoms with Crippen molar-refractivity contribution in [2.75, 3.05) is 18.5 Å². The van der Waals surface area contributed by atoms with E-state index in [4.69, 9.17) is 4.74 Å². The van der Waals surface area contributed by atoms with Gasteiger partial charge in [0.15, 0.2) is 5.78 Å². The Kier molecular flexibility index (Phi) is 6.27. The number of hydrogen-bond donors (Lipinski definition) is 2. The Morgan fingerprint density at radius 2 is 2.18 bits per heavy atom. The SMILES string of the molecule is CC(=O)c1cnc(NCC(O)COC2CCCCC2)nc1C. The van der Waals surface area contributed by atoms with Crippen LogP contribution < -0.4 is 5.32 Å². The Morgan fingerprint density at radius 1 is 1.45 bits per heavy atom. The molecular weight excluding hydrogens is 282 g/mol. The molecular formula is C16H25N3O3. The van der Waals surface area contributed by atoms with Crippen molar-refractivity contribution in [3.05, 3.63) is 17.5 Å². The lowest BCUT2D eigenvalue weighted by atomic mass is 9.98. The van der Waals surface area contributed by atoms with E-state index < -0.39 is 6.10 Å². The number of nitrogens with zero attached hydrogens (tertiary/aromatic N) is 2. The highest BCUT2D eigenvalue weighted by molar-refractivity contribution is 5.94. The van der Waals surface area contributed by atoms with Crippen molar-refractivity contribution in [3.63, 3.8) is 0 Å². The lowest BCUT2D eigenvalue weighted by molar-refractivity contribution is -0.0195. The smallest absolute Gasteiger partial charge is 0.222 e. The maximum atomic E-state index is 11.3. The second kappa shape index (κ2) is 8.19. The van der Waals surface area contributed by atoms with E-state index in [0.29, 0.717) is 30.4 Å². The quantitative estimate of drug-likeness (QED) is 0.751. The molecule has 22 heavy (non-hydrogen) atoms. The zero-order valence-corrected chi connectivity index (χ0v) is 13.3. The second-order valence-electron chi connectivity index (χ2n) is 5.88. The number of hydrogen-bond acceptors (Lipinski definition) is 6. The number of ketones is 1. The number of aryl methyl sites for hydroxylation is 1. The molecule has 2 N–H and O–H groups in total. The molecule has 122 valence electrons. The summed E-state index contributed by atoms with van der Waals surface area (Å²) < 4.78 is 5.73. The number of aliphatic hydroxyl groups is 1. The highest BCUT2D eigenvalue weighted by Gasteiger charge is 2.15. The molecule has 1 aromatic rings. The maximum absolute atomic E-state index is 11.3. The zero-order chi connectivity index (χ0) is 15.9. The van der Waals surface area contributed by atoms with Gasteiger partial charge in [-0.1, -0.05) is 19.3 Å². The third-order valence-corrected chi connectivity index (χ3v) is 3.93. The van der Waals surface area contributed by atoms with E-state index in [2.05, 4.69) is 15.3 Å². The van der Waals surface area contributed by atoms with E-state index in [9.17, 15) is 9.90 Å². The molecule has 0 aromatic carbocycles. The summed E-state index contributed by atoms with van der Waals surface area (Å²) in [5, 5.41) is 12.9. The first-order valence-corrected chi connectivity index (χ1v) is 7.94. The summed E-state index contributed by atoms with van der Waals surface area (Å²) in [6.45, 7) is 3.91. The normalized spacial score (nSPS) is 17.2. The molecule has 1 aliphatic rings. The van der Waals surface area contributed by atoms with E-state index in [1.165, 1.54) is 32.4 Å². The van der Waals surface area contributed by atoms with Crippen LogP contribution >= 0.6 is 0 Å². The minimum absolute atomic E-state index is 0.0510. The Bertz CT molecular complexity index is 501. The van der Waals surface area contributed by atoms with Gasteiger partial charge in [-0.25, -0.2) is 9.97 Å². The number of nitrogens with one attached hydrogen (secondary N) is 1. The van der Waals surface area contributed by atoms with Gasteiger partial charge in [0.25, 0.3) is 0 Å². The monoisotopic (exact) mass is 307 g/mol. The fourth-order valence-electron chi connectivity index (χ4n) is 2.64. The number of ether oxygens (including phenoxy) is 1. The van der Waals surface area contributed by atoms with Crippen LogP contribution in [-0.2, 0) is 4.74 Å². The second-order valence-corrected chi connectivity index (χ2v) is 5.88. The van der Waals surface area contributed by atoms with Crippen molar-refractivity contribution in [2.45, 2.75) is 58.2 Å². The van der Waals surface area contributed by atoms with Crippen LogP contribution in [0.1, 0.15) is 55.1 Å². The largest absolute Gasteiger partial charge is 0.389 e. The molecule has 1 unspecified atom stereocenters. The number of carbonyl (C=O) groups excluding carboxylic acids is 1. The van der Waals surface area contributed by atoms with Gasteiger partial charge in [0, 0.05) is 12.7 Å². The van der Waals surface area contributed by atoms with Crippen molar-refractivity contribution < 1.29 is 14.6 Å². The summed E-state index contributed by atoms with van der Waals surface area (Å²) in [5.41, 5.74) is 1.16. The summed E-state index contributed by atoms with van der Waals surface area (Å²) in [6.07, 6.45) is 7.11. The van der Waals surface area contributed by atoms with Crippen LogP contribution in [0.4, 0.5) is 5.95 Å². The lowest BCUT2D eigenvalue weighted by Gasteiger charge is -2.23. The molecule has 0 spiro atoms. The van der Waals surface area contributed by atoms with Gasteiger partial charge in [-0.05, 0) is 26.7 Å². The van der Waals surface area contributed by atoms with Crippen LogP contribution in [0, 0.1) is 6.92 Å². The Hall–Kier alpha value is -1.53. The van der Waals surface area contributed by atoms with Gasteiger partial charge in [-0.15, -0.1) is 0 Å². The predicted octanol–water partition coefficient (Wildman–Crippen LogP) is 2.11. The Balaban J connectivity index is 1.74. The summed E-state index contributed by atoms with van der Waals surface area (Å²) in [7, 11) is 0. The molecule has 0 bridgehead atoms. The third-order valence-electron chi connectivity index (χ3n) is 3.93. The Morgan fingerprint density at radius 3 is 2.82 bits per heavy atom. The predicted molar refractivity (Wildman–Crippen MR) is 84.1 cm³/mol. The molecule has 1 fully saturated rings. The van der Waals surface area contributed by atoms with Gasteiger partial charge in [-0.3, -0.25) is 4.79 Å². The fraction of sp³-hybridized carbons (Fsp3) is 0.688. The third kappa shape index (κ3) is 5.03. The maximum Gasteiger partial charge on any atom is 0.222 e. The van der Waals surface area contributed by atoms with Gasteiger partial charge < -0.3 is 15.2 Å². The van der Waals surface area contributed by atoms with Crippen molar-refractivity contribution >= 4 is 11.7 Å². The van der Waals surface area contributed by atoms with Crippen LogP contribution in [0.2, 0.25) is 0 Å². The van der Waals surface area contributed by atoms with Gasteiger partial charge in [0.05, 0.1) is 30.1 Å². The molecule has 0 amide bonds.